The molecule has 120 valence electrons. The van der Waals surface area contributed by atoms with Crippen molar-refractivity contribution in [2.45, 2.75) is 39.7 Å². The van der Waals surface area contributed by atoms with Crippen molar-refractivity contribution in [2.75, 3.05) is 13.1 Å². The van der Waals surface area contributed by atoms with Gasteiger partial charge in [0.2, 0.25) is 5.91 Å². The fraction of sp³-hybridized carbons (Fsp3) is 0.714. The highest BCUT2D eigenvalue weighted by Crippen LogP contribution is 2.58. The topological polar surface area (TPSA) is 54.0 Å². The summed E-state index contributed by atoms with van der Waals surface area (Å²) in [5, 5.41) is 7.45. The van der Waals surface area contributed by atoms with E-state index in [0.717, 1.165) is 43.1 Å². The van der Waals surface area contributed by atoms with E-state index in [0.29, 0.717) is 12.0 Å². The molecule has 0 radical (unpaired) electrons. The Morgan fingerprint density at radius 2 is 2.05 bits per heavy atom. The minimum Gasteiger partial charge on any atom is -0.349 e. The van der Waals surface area contributed by atoms with Crippen LogP contribution in [0.3, 0.4) is 0 Å². The second-order valence-electron chi connectivity index (χ2n) is 5.84. The Morgan fingerprint density at radius 1 is 1.38 bits per heavy atom. The summed E-state index contributed by atoms with van der Waals surface area (Å²) in [4.78, 5) is 17.9. The van der Waals surface area contributed by atoms with Gasteiger partial charge in [0.15, 0.2) is 0 Å². The van der Waals surface area contributed by atoms with E-state index in [4.69, 9.17) is 0 Å². The first-order valence-corrected chi connectivity index (χ1v) is 7.84. The Hall–Kier alpha value is -0.360. The zero-order valence-corrected chi connectivity index (χ0v) is 14.8. The molecular weight excluding hydrogens is 329 g/mol. The number of nitrogens with zero attached hydrogens (tertiary/aromatic N) is 1. The monoisotopic (exact) mass is 351 g/mol. The lowest BCUT2D eigenvalue weighted by Crippen LogP contribution is -2.33. The number of hydrogen-bond acceptors (Lipinski definition) is 4. The predicted molar refractivity (Wildman–Crippen MR) is 90.6 cm³/mol. The van der Waals surface area contributed by atoms with Gasteiger partial charge in [-0.1, -0.05) is 0 Å². The van der Waals surface area contributed by atoms with E-state index in [1.54, 1.807) is 11.3 Å². The van der Waals surface area contributed by atoms with Crippen LogP contribution in [0.2, 0.25) is 0 Å². The lowest BCUT2D eigenvalue weighted by atomic mass is 9.92. The molecule has 1 atom stereocenters. The van der Waals surface area contributed by atoms with Gasteiger partial charge in [0.05, 0.1) is 12.2 Å². The van der Waals surface area contributed by atoms with Crippen molar-refractivity contribution in [2.24, 2.45) is 11.3 Å². The predicted octanol–water partition coefficient (Wildman–Crippen LogP) is 2.61. The number of halogens is 2. The fourth-order valence-corrected chi connectivity index (χ4v) is 3.97. The number of thiazole rings is 1. The van der Waals surface area contributed by atoms with Gasteiger partial charge in [-0.05, 0) is 51.6 Å². The van der Waals surface area contributed by atoms with E-state index in [-0.39, 0.29) is 36.6 Å². The Bertz CT molecular complexity index is 481. The maximum absolute atomic E-state index is 12.2. The molecule has 21 heavy (non-hydrogen) atoms. The molecule has 3 rings (SSSR count). The third-order valence-corrected chi connectivity index (χ3v) is 5.67. The van der Waals surface area contributed by atoms with Gasteiger partial charge in [0.25, 0.3) is 0 Å². The Morgan fingerprint density at radius 3 is 2.62 bits per heavy atom. The third kappa shape index (κ3) is 3.89. The van der Waals surface area contributed by atoms with Gasteiger partial charge in [-0.3, -0.25) is 4.79 Å². The number of aromatic nitrogens is 1. The summed E-state index contributed by atoms with van der Waals surface area (Å²) in [6.45, 7) is 6.80. The molecule has 1 amide bonds. The number of aryl methyl sites for hydroxylation is 2. The zero-order chi connectivity index (χ0) is 13.5. The Kier molecular flexibility index (Phi) is 6.47. The van der Waals surface area contributed by atoms with E-state index in [1.807, 2.05) is 6.92 Å². The first kappa shape index (κ1) is 18.7. The fourth-order valence-electron chi connectivity index (χ4n) is 3.10. The number of rotatable bonds is 3. The standard InChI is InChI=1S/C14H21N3OS.2ClH/c1-9-10(2)19-12(17-9)8-16-13(18)11-7-14(11)3-5-15-6-4-14;;/h11,15H,3-8H2,1-2H3,(H,16,18);2*1H. The molecule has 2 N–H and O–H groups in total. The number of piperidine rings is 1. The first-order chi connectivity index (χ1) is 9.11. The molecule has 1 aliphatic carbocycles. The SMILES string of the molecule is Cc1nc(CNC(=O)C2CC23CCNCC3)sc1C.Cl.Cl. The van der Waals surface area contributed by atoms with E-state index >= 15 is 0 Å². The van der Waals surface area contributed by atoms with E-state index in [2.05, 4.69) is 22.5 Å². The maximum atomic E-state index is 12.2. The average molecular weight is 352 g/mol. The molecule has 2 aliphatic rings. The molecule has 0 bridgehead atoms. The summed E-state index contributed by atoms with van der Waals surface area (Å²) >= 11 is 1.68. The number of amides is 1. The van der Waals surface area contributed by atoms with E-state index in [1.165, 1.54) is 4.88 Å². The van der Waals surface area contributed by atoms with Gasteiger partial charge in [0.1, 0.15) is 5.01 Å². The van der Waals surface area contributed by atoms with Crippen molar-refractivity contribution in [1.82, 2.24) is 15.6 Å². The molecule has 1 aromatic rings. The van der Waals surface area contributed by atoms with Gasteiger partial charge < -0.3 is 10.6 Å². The quantitative estimate of drug-likeness (QED) is 0.879. The summed E-state index contributed by atoms with van der Waals surface area (Å²) in [5.74, 6) is 0.476. The van der Waals surface area contributed by atoms with Crippen LogP contribution in [0.25, 0.3) is 0 Å². The molecule has 1 saturated heterocycles. The molecule has 1 aromatic heterocycles. The van der Waals surface area contributed by atoms with Crippen molar-refractivity contribution < 1.29 is 4.79 Å². The molecular formula is C14H23Cl2N3OS. The van der Waals surface area contributed by atoms with Crippen LogP contribution >= 0.6 is 36.2 Å². The van der Waals surface area contributed by atoms with Gasteiger partial charge >= 0.3 is 0 Å². The average Bonchev–Trinajstić information content (AvgIpc) is 2.99. The van der Waals surface area contributed by atoms with Gasteiger partial charge in [-0.15, -0.1) is 36.2 Å². The van der Waals surface area contributed by atoms with Crippen LogP contribution in [0.15, 0.2) is 0 Å². The van der Waals surface area contributed by atoms with E-state index < -0.39 is 0 Å². The molecule has 4 nitrogen and oxygen atoms in total. The van der Waals surface area contributed by atoms with Crippen LogP contribution < -0.4 is 10.6 Å². The third-order valence-electron chi connectivity index (χ3n) is 4.59. The molecule has 2 fully saturated rings. The minimum atomic E-state index is 0. The van der Waals surface area contributed by atoms with Crippen LogP contribution in [0.1, 0.15) is 34.8 Å². The molecule has 0 aromatic carbocycles. The number of carbonyl (C=O) groups excluding carboxylic acids is 1. The lowest BCUT2D eigenvalue weighted by Gasteiger charge is -2.23. The largest absolute Gasteiger partial charge is 0.349 e. The van der Waals surface area contributed by atoms with Crippen LogP contribution in [0.5, 0.6) is 0 Å². The van der Waals surface area contributed by atoms with Gasteiger partial charge in [-0.25, -0.2) is 4.98 Å². The number of nitrogens with one attached hydrogen (secondary N) is 2. The molecule has 7 heteroatoms. The van der Waals surface area contributed by atoms with Gasteiger partial charge in [0, 0.05) is 10.8 Å². The highest BCUT2D eigenvalue weighted by Gasteiger charge is 2.57. The molecule has 1 saturated carbocycles. The van der Waals surface area contributed by atoms with Gasteiger partial charge in [-0.2, -0.15) is 0 Å². The summed E-state index contributed by atoms with van der Waals surface area (Å²) < 4.78 is 0. The highest BCUT2D eigenvalue weighted by molar-refractivity contribution is 7.11. The molecule has 2 heterocycles. The van der Waals surface area contributed by atoms with Crippen molar-refractivity contribution >= 4 is 42.1 Å². The second kappa shape index (κ2) is 7.27. The Balaban J connectivity index is 0.00000110. The smallest absolute Gasteiger partial charge is 0.224 e. The Labute approximate surface area is 142 Å². The first-order valence-electron chi connectivity index (χ1n) is 7.02. The lowest BCUT2D eigenvalue weighted by molar-refractivity contribution is -0.123. The normalized spacial score (nSPS) is 22.1. The zero-order valence-electron chi connectivity index (χ0n) is 12.4. The van der Waals surface area contributed by atoms with Crippen LogP contribution in [0, 0.1) is 25.2 Å². The highest BCUT2D eigenvalue weighted by atomic mass is 35.5. The van der Waals surface area contributed by atoms with Crippen LogP contribution in [-0.4, -0.2) is 24.0 Å². The van der Waals surface area contributed by atoms with E-state index in [9.17, 15) is 4.79 Å². The van der Waals surface area contributed by atoms with Crippen molar-refractivity contribution in [3.8, 4) is 0 Å². The summed E-state index contributed by atoms with van der Waals surface area (Å²) in [6, 6.07) is 0. The van der Waals surface area contributed by atoms with Crippen LogP contribution in [-0.2, 0) is 11.3 Å². The van der Waals surface area contributed by atoms with Crippen molar-refractivity contribution in [3.05, 3.63) is 15.6 Å². The van der Waals surface area contributed by atoms with Crippen molar-refractivity contribution in [3.63, 3.8) is 0 Å². The molecule has 1 unspecified atom stereocenters. The molecule has 1 spiro atoms. The van der Waals surface area contributed by atoms with Crippen LogP contribution in [0.4, 0.5) is 0 Å². The summed E-state index contributed by atoms with van der Waals surface area (Å²) in [6.07, 6.45) is 3.39. The number of carbonyl (C=O) groups is 1. The second-order valence-corrected chi connectivity index (χ2v) is 7.12. The minimum absolute atomic E-state index is 0. The summed E-state index contributed by atoms with van der Waals surface area (Å²) in [5.41, 5.74) is 1.40. The number of hydrogen-bond donors (Lipinski definition) is 2. The molecule has 1 aliphatic heterocycles. The maximum Gasteiger partial charge on any atom is 0.224 e. The summed E-state index contributed by atoms with van der Waals surface area (Å²) in [7, 11) is 0. The van der Waals surface area contributed by atoms with Crippen molar-refractivity contribution in [1.29, 1.82) is 0 Å².